The summed E-state index contributed by atoms with van der Waals surface area (Å²) in [6.45, 7) is 0. The van der Waals surface area contributed by atoms with Gasteiger partial charge in [-0.05, 0) is 0 Å². The second kappa shape index (κ2) is 5.42. The van der Waals surface area contributed by atoms with Crippen LogP contribution < -0.4 is 0 Å². The van der Waals surface area contributed by atoms with E-state index < -0.39 is 5.09 Å². The summed E-state index contributed by atoms with van der Waals surface area (Å²) in [4.78, 5) is 20.4. The molecular weight excluding hydrogens is 195 g/mol. The van der Waals surface area contributed by atoms with Crippen molar-refractivity contribution in [2.24, 2.45) is 5.34 Å². The molecule has 0 saturated carbocycles. The molecule has 7 heavy (non-hydrogen) atoms. The van der Waals surface area contributed by atoms with E-state index in [0.717, 1.165) is 0 Å². The Kier molecular flexibility index (Phi) is 7.48. The maximum Gasteiger partial charge on any atom is 0.354 e. The molecule has 0 aromatic heterocycles. The molecule has 0 saturated heterocycles. The minimum absolute atomic E-state index is 0. The van der Waals surface area contributed by atoms with E-state index in [-0.39, 0.29) is 19.5 Å². The summed E-state index contributed by atoms with van der Waals surface area (Å²) in [5, 5.41) is 9.08. The van der Waals surface area contributed by atoms with Crippen molar-refractivity contribution in [2.75, 3.05) is 0 Å². The molecule has 0 amide bonds. The number of rotatable bonds is 2. The van der Waals surface area contributed by atoms with Crippen LogP contribution in [0.2, 0.25) is 0 Å². The van der Waals surface area contributed by atoms with E-state index in [1.54, 1.807) is 0 Å². The van der Waals surface area contributed by atoms with E-state index in [4.69, 9.17) is 15.0 Å². The summed E-state index contributed by atoms with van der Waals surface area (Å²) in [6, 6.07) is 0. The van der Waals surface area contributed by atoms with Crippen LogP contribution in [-0.4, -0.2) is 5.09 Å². The van der Waals surface area contributed by atoms with E-state index in [0.29, 0.717) is 0 Å². The second-order valence-corrected chi connectivity index (χ2v) is 0.380. The van der Waals surface area contributed by atoms with Crippen molar-refractivity contribution in [3.8, 4) is 0 Å². The number of nitrogens with zero attached hydrogens (tertiary/aromatic N) is 2. The van der Waals surface area contributed by atoms with E-state index >= 15 is 0 Å². The molecule has 0 atom stereocenters. The average molecular weight is 195 g/mol. The third kappa shape index (κ3) is 10.8. The molecule has 0 unspecified atom stereocenters. The molecule has 7 heteroatoms. The quantitative estimate of drug-likeness (QED) is 0.266. The fourth-order valence-electron chi connectivity index (χ4n) is 0.0272. The Morgan fingerprint density at radius 1 is 1.71 bits per heavy atom. The zero-order valence-electron chi connectivity index (χ0n) is 2.86. The summed E-state index contributed by atoms with van der Waals surface area (Å²) in [7, 11) is 0. The Morgan fingerprint density at radius 2 is 2.14 bits per heavy atom. The zero-order chi connectivity index (χ0) is 4.99. The second-order valence-electron chi connectivity index (χ2n) is 0.380. The fourth-order valence-corrected chi connectivity index (χ4v) is 0.0272. The minimum Gasteiger partial charge on any atom is -0.218 e. The molecule has 43 valence electrons. The molecule has 0 bridgehead atoms. The van der Waals surface area contributed by atoms with E-state index in [1.807, 2.05) is 0 Å². The average Bonchev–Trinajstić information content (AvgIpc) is 1.35. The van der Waals surface area contributed by atoms with E-state index in [2.05, 4.69) is 4.94 Å². The van der Waals surface area contributed by atoms with Gasteiger partial charge in [-0.3, -0.25) is 0 Å². The molecular formula is N2O4Rh. The first-order chi connectivity index (χ1) is 2.77. The van der Waals surface area contributed by atoms with Gasteiger partial charge >= 0.3 is 5.34 Å². The summed E-state index contributed by atoms with van der Waals surface area (Å²) >= 11 is 0. The van der Waals surface area contributed by atoms with E-state index in [1.165, 1.54) is 5.34 Å². The van der Waals surface area contributed by atoms with Gasteiger partial charge in [0.2, 0.25) is 0 Å². The van der Waals surface area contributed by atoms with Crippen molar-refractivity contribution in [1.29, 1.82) is 0 Å². The molecule has 0 aromatic rings. The van der Waals surface area contributed by atoms with Crippen molar-refractivity contribution < 1.29 is 29.5 Å². The summed E-state index contributed by atoms with van der Waals surface area (Å²) < 4.78 is 0. The molecule has 0 aromatic carbocycles. The fraction of sp³-hybridized carbons (Fsp3) is 0. The van der Waals surface area contributed by atoms with Gasteiger partial charge in [-0.25, -0.2) is 10.1 Å². The monoisotopic (exact) mass is 195 g/mol. The van der Waals surface area contributed by atoms with E-state index in [9.17, 15) is 0 Å². The Balaban J connectivity index is 0. The van der Waals surface area contributed by atoms with Crippen molar-refractivity contribution in [1.82, 2.24) is 0 Å². The minimum atomic E-state index is -1.30. The maximum atomic E-state index is 8.89. The van der Waals surface area contributed by atoms with Crippen molar-refractivity contribution >= 4 is 0 Å². The molecule has 0 aliphatic carbocycles. The van der Waals surface area contributed by atoms with Gasteiger partial charge in [-0.1, -0.05) is 0 Å². The smallest absolute Gasteiger partial charge is 0.218 e. The Labute approximate surface area is 50.6 Å². The van der Waals surface area contributed by atoms with Crippen LogP contribution in [0.4, 0.5) is 0 Å². The van der Waals surface area contributed by atoms with Gasteiger partial charge in [0.05, 0.1) is 0 Å². The van der Waals surface area contributed by atoms with Crippen LogP contribution in [0.5, 0.6) is 0 Å². The van der Waals surface area contributed by atoms with Crippen LogP contribution in [-0.2, 0) is 24.4 Å². The van der Waals surface area contributed by atoms with Crippen molar-refractivity contribution in [3.63, 3.8) is 0 Å². The van der Waals surface area contributed by atoms with Crippen LogP contribution in [0.1, 0.15) is 0 Å². The molecule has 0 N–H and O–H groups in total. The molecule has 0 heterocycles. The van der Waals surface area contributed by atoms with Crippen molar-refractivity contribution in [3.05, 3.63) is 15.0 Å². The topological polar surface area (TPSA) is 81.8 Å². The molecule has 0 fully saturated rings. The molecule has 0 rings (SSSR count). The summed E-state index contributed by atoms with van der Waals surface area (Å²) in [5.41, 5.74) is 0. The largest absolute Gasteiger partial charge is 0.354 e. The predicted molar refractivity (Wildman–Crippen MR) is 13.9 cm³/mol. The molecule has 0 aliphatic heterocycles. The van der Waals surface area contributed by atoms with Gasteiger partial charge in [0.1, 0.15) is 0 Å². The van der Waals surface area contributed by atoms with Crippen LogP contribution in [0.25, 0.3) is 0 Å². The third-order valence-corrected chi connectivity index (χ3v) is 0.100. The number of hydrogen-bond acceptors (Lipinski definition) is 5. The standard InChI is InChI=1S/N2O4.Rh/c3-1-6-2(4)5;. The molecule has 6 nitrogen and oxygen atoms in total. The first-order valence-corrected chi connectivity index (χ1v) is 0.913. The Bertz CT molecular complexity index is 70.1. The molecule has 0 spiro atoms. The first kappa shape index (κ1) is 9.66. The molecule has 1 radical (unpaired) electrons. The van der Waals surface area contributed by atoms with Crippen LogP contribution >= 0.6 is 0 Å². The first-order valence-electron chi connectivity index (χ1n) is 0.913. The van der Waals surface area contributed by atoms with Gasteiger partial charge in [-0.2, -0.15) is 0 Å². The van der Waals surface area contributed by atoms with Crippen molar-refractivity contribution in [2.45, 2.75) is 0 Å². The molecule has 0 aliphatic rings. The van der Waals surface area contributed by atoms with Gasteiger partial charge in [-0.15, -0.1) is 4.94 Å². The van der Waals surface area contributed by atoms with Crippen LogP contribution in [0, 0.1) is 15.0 Å². The zero-order valence-corrected chi connectivity index (χ0v) is 4.50. The van der Waals surface area contributed by atoms with Gasteiger partial charge in [0.25, 0.3) is 0 Å². The predicted octanol–water partition coefficient (Wildman–Crippen LogP) is -0.126. The SMILES string of the molecule is O=NO[N+](=O)[O-].[Rh]. The summed E-state index contributed by atoms with van der Waals surface area (Å²) in [6.07, 6.45) is 0. The Hall–Kier alpha value is -0.577. The normalized spacial score (nSPS) is 5.71. The van der Waals surface area contributed by atoms with Crippen LogP contribution in [0.15, 0.2) is 5.34 Å². The summed E-state index contributed by atoms with van der Waals surface area (Å²) in [5.74, 6) is 0. The maximum absolute atomic E-state index is 8.89. The van der Waals surface area contributed by atoms with Gasteiger partial charge in [0, 0.05) is 24.4 Å². The van der Waals surface area contributed by atoms with Gasteiger partial charge in [0.15, 0.2) is 5.09 Å². The number of hydrogen-bond donors (Lipinski definition) is 0. The van der Waals surface area contributed by atoms with Gasteiger partial charge < -0.3 is 0 Å². The van der Waals surface area contributed by atoms with Crippen LogP contribution in [0.3, 0.4) is 0 Å². The Morgan fingerprint density at radius 3 is 2.14 bits per heavy atom. The third-order valence-electron chi connectivity index (χ3n) is 0.100.